The normalized spacial score (nSPS) is 13.5. The lowest BCUT2D eigenvalue weighted by Crippen LogP contribution is -2.15. The summed E-state index contributed by atoms with van der Waals surface area (Å²) in [6, 6.07) is 7.21. The van der Waals surface area contributed by atoms with E-state index >= 15 is 0 Å². The molecule has 0 bridgehead atoms. The molecule has 1 aliphatic carbocycles. The number of nitrogens with zero attached hydrogens (tertiary/aromatic N) is 1. The van der Waals surface area contributed by atoms with Gasteiger partial charge in [0, 0.05) is 23.0 Å². The molecule has 1 aliphatic rings. The van der Waals surface area contributed by atoms with Gasteiger partial charge in [0.25, 0.3) is 0 Å². The zero-order valence-electron chi connectivity index (χ0n) is 17.1. The van der Waals surface area contributed by atoms with E-state index in [0.29, 0.717) is 28.7 Å². The third-order valence-electron chi connectivity index (χ3n) is 4.79. The van der Waals surface area contributed by atoms with E-state index < -0.39 is 5.97 Å². The van der Waals surface area contributed by atoms with Crippen molar-refractivity contribution < 1.29 is 23.8 Å². The number of rotatable bonds is 8. The van der Waals surface area contributed by atoms with Gasteiger partial charge in [0.1, 0.15) is 0 Å². The molecule has 0 unspecified atom stereocenters. The summed E-state index contributed by atoms with van der Waals surface area (Å²) >= 11 is 0. The van der Waals surface area contributed by atoms with Gasteiger partial charge >= 0.3 is 5.97 Å². The van der Waals surface area contributed by atoms with E-state index in [-0.39, 0.29) is 18.5 Å². The first kappa shape index (κ1) is 20.0. The van der Waals surface area contributed by atoms with E-state index in [9.17, 15) is 9.59 Å². The van der Waals surface area contributed by atoms with Crippen LogP contribution in [0, 0.1) is 13.8 Å². The maximum Gasteiger partial charge on any atom is 0.338 e. The van der Waals surface area contributed by atoms with Gasteiger partial charge in [0.05, 0.1) is 18.8 Å². The van der Waals surface area contributed by atoms with Crippen molar-refractivity contribution >= 4 is 11.8 Å². The first-order chi connectivity index (χ1) is 13.3. The van der Waals surface area contributed by atoms with Gasteiger partial charge in [-0.15, -0.1) is 0 Å². The van der Waals surface area contributed by atoms with Gasteiger partial charge < -0.3 is 18.8 Å². The van der Waals surface area contributed by atoms with Crippen molar-refractivity contribution in [3.05, 3.63) is 46.8 Å². The van der Waals surface area contributed by atoms with Crippen molar-refractivity contribution in [1.82, 2.24) is 4.57 Å². The fourth-order valence-electron chi connectivity index (χ4n) is 3.39. The van der Waals surface area contributed by atoms with Crippen molar-refractivity contribution in [2.24, 2.45) is 0 Å². The summed E-state index contributed by atoms with van der Waals surface area (Å²) in [5.41, 5.74) is 2.94. The second kappa shape index (κ2) is 8.09. The van der Waals surface area contributed by atoms with Gasteiger partial charge in [-0.25, -0.2) is 4.79 Å². The molecule has 0 amide bonds. The molecular weight excluding hydrogens is 358 g/mol. The summed E-state index contributed by atoms with van der Waals surface area (Å²) in [5, 5.41) is 0. The molecule has 0 saturated heterocycles. The first-order valence-corrected chi connectivity index (χ1v) is 9.55. The SMILES string of the molecule is COc1cc(C(=O)OCC(=O)c2cc(C)n(C3CC3)c2C)ccc1OC(C)C. The van der Waals surface area contributed by atoms with Crippen LogP contribution in [0.1, 0.15) is 64.8 Å². The van der Waals surface area contributed by atoms with Crippen molar-refractivity contribution in [3.63, 3.8) is 0 Å². The zero-order valence-corrected chi connectivity index (χ0v) is 17.1. The molecule has 28 heavy (non-hydrogen) atoms. The molecule has 0 aliphatic heterocycles. The maximum atomic E-state index is 12.6. The summed E-state index contributed by atoms with van der Waals surface area (Å²) < 4.78 is 18.4. The topological polar surface area (TPSA) is 66.8 Å². The lowest BCUT2D eigenvalue weighted by Gasteiger charge is -2.14. The van der Waals surface area contributed by atoms with Gasteiger partial charge in [0.2, 0.25) is 5.78 Å². The highest BCUT2D eigenvalue weighted by Crippen LogP contribution is 2.38. The highest BCUT2D eigenvalue weighted by atomic mass is 16.5. The number of ketones is 1. The van der Waals surface area contributed by atoms with Gasteiger partial charge in [-0.1, -0.05) is 0 Å². The second-order valence-electron chi connectivity index (χ2n) is 7.42. The van der Waals surface area contributed by atoms with Gasteiger partial charge in [-0.05, 0) is 64.8 Å². The van der Waals surface area contributed by atoms with Crippen LogP contribution in [0.4, 0.5) is 0 Å². The zero-order chi connectivity index (χ0) is 20.4. The Kier molecular flexibility index (Phi) is 5.77. The van der Waals surface area contributed by atoms with Crippen LogP contribution in [0.3, 0.4) is 0 Å². The number of hydrogen-bond acceptors (Lipinski definition) is 5. The molecule has 150 valence electrons. The van der Waals surface area contributed by atoms with Crippen molar-refractivity contribution in [2.45, 2.75) is 52.7 Å². The van der Waals surface area contributed by atoms with Crippen LogP contribution in [0.2, 0.25) is 0 Å². The van der Waals surface area contributed by atoms with E-state index in [1.807, 2.05) is 33.8 Å². The molecule has 6 heteroatoms. The van der Waals surface area contributed by atoms with Gasteiger partial charge in [0.15, 0.2) is 18.1 Å². The summed E-state index contributed by atoms with van der Waals surface area (Å²) in [4.78, 5) is 25.0. The number of ether oxygens (including phenoxy) is 3. The van der Waals surface area contributed by atoms with Crippen LogP contribution >= 0.6 is 0 Å². The summed E-state index contributed by atoms with van der Waals surface area (Å²) in [6.07, 6.45) is 2.29. The minimum atomic E-state index is -0.571. The first-order valence-electron chi connectivity index (χ1n) is 9.55. The second-order valence-corrected chi connectivity index (χ2v) is 7.42. The van der Waals surface area contributed by atoms with Crippen molar-refractivity contribution in [1.29, 1.82) is 0 Å². The largest absolute Gasteiger partial charge is 0.493 e. The molecule has 0 radical (unpaired) electrons. The van der Waals surface area contributed by atoms with Crippen LogP contribution in [0.25, 0.3) is 0 Å². The molecule has 2 aromatic rings. The Morgan fingerprint density at radius 2 is 1.86 bits per heavy atom. The number of methoxy groups -OCH3 is 1. The Morgan fingerprint density at radius 3 is 2.46 bits per heavy atom. The number of benzene rings is 1. The number of carbonyl (C=O) groups is 2. The summed E-state index contributed by atoms with van der Waals surface area (Å²) in [7, 11) is 1.51. The maximum absolute atomic E-state index is 12.6. The van der Waals surface area contributed by atoms with Crippen LogP contribution in [-0.4, -0.2) is 36.1 Å². The monoisotopic (exact) mass is 385 g/mol. The van der Waals surface area contributed by atoms with E-state index in [2.05, 4.69) is 4.57 Å². The predicted octanol–water partition coefficient (Wildman–Crippen LogP) is 4.28. The lowest BCUT2D eigenvalue weighted by atomic mass is 10.1. The Labute approximate surface area is 165 Å². The number of Topliss-reactive ketones (excluding diaryl/α,β-unsaturated/α-hetero) is 1. The number of esters is 1. The number of aryl methyl sites for hydroxylation is 1. The molecule has 1 aromatic heterocycles. The van der Waals surface area contributed by atoms with Crippen LogP contribution < -0.4 is 9.47 Å². The van der Waals surface area contributed by atoms with Crippen LogP contribution in [0.5, 0.6) is 11.5 Å². The Balaban J connectivity index is 1.67. The standard InChI is InChI=1S/C22H27NO5/c1-13(2)28-20-9-6-16(11-21(20)26-5)22(25)27-12-19(24)18-10-14(3)23(15(18)4)17-7-8-17/h6,9-11,13,17H,7-8,12H2,1-5H3. The fraction of sp³-hybridized carbons (Fsp3) is 0.455. The highest BCUT2D eigenvalue weighted by Gasteiger charge is 2.28. The Bertz CT molecular complexity index is 893. The minimum absolute atomic E-state index is 0.0148. The molecule has 3 rings (SSSR count). The Hall–Kier alpha value is -2.76. The molecule has 1 fully saturated rings. The third kappa shape index (κ3) is 4.21. The van der Waals surface area contributed by atoms with Gasteiger partial charge in [-0.3, -0.25) is 4.79 Å². The van der Waals surface area contributed by atoms with Gasteiger partial charge in [-0.2, -0.15) is 0 Å². The van der Waals surface area contributed by atoms with Crippen molar-refractivity contribution in [3.8, 4) is 11.5 Å². The number of aromatic nitrogens is 1. The number of hydrogen-bond donors (Lipinski definition) is 0. The van der Waals surface area contributed by atoms with E-state index in [1.54, 1.807) is 18.2 Å². The molecule has 0 spiro atoms. The quantitative estimate of drug-likeness (QED) is 0.501. The van der Waals surface area contributed by atoms with E-state index in [4.69, 9.17) is 14.2 Å². The van der Waals surface area contributed by atoms with Crippen molar-refractivity contribution in [2.75, 3.05) is 13.7 Å². The molecule has 6 nitrogen and oxygen atoms in total. The average Bonchev–Trinajstić information content (AvgIpc) is 3.44. The molecule has 1 aromatic carbocycles. The Morgan fingerprint density at radius 1 is 1.14 bits per heavy atom. The molecular formula is C22H27NO5. The molecule has 0 N–H and O–H groups in total. The number of carbonyl (C=O) groups excluding carboxylic acids is 2. The minimum Gasteiger partial charge on any atom is -0.493 e. The molecule has 1 saturated carbocycles. The van der Waals surface area contributed by atoms with E-state index in [1.165, 1.54) is 7.11 Å². The molecule has 1 heterocycles. The molecule has 0 atom stereocenters. The highest BCUT2D eigenvalue weighted by molar-refractivity contribution is 6.00. The predicted molar refractivity (Wildman–Crippen MR) is 106 cm³/mol. The fourth-order valence-corrected chi connectivity index (χ4v) is 3.39. The van der Waals surface area contributed by atoms with Crippen LogP contribution in [0.15, 0.2) is 24.3 Å². The smallest absolute Gasteiger partial charge is 0.338 e. The average molecular weight is 385 g/mol. The summed E-state index contributed by atoms with van der Waals surface area (Å²) in [5.74, 6) is 0.235. The van der Waals surface area contributed by atoms with Crippen LogP contribution in [-0.2, 0) is 4.74 Å². The van der Waals surface area contributed by atoms with E-state index in [0.717, 1.165) is 24.2 Å². The third-order valence-corrected chi connectivity index (χ3v) is 4.79. The summed E-state index contributed by atoms with van der Waals surface area (Å²) in [6.45, 7) is 7.47. The lowest BCUT2D eigenvalue weighted by molar-refractivity contribution is 0.0474.